The average Bonchev–Trinajstić information content (AvgIpc) is 3.36. The predicted octanol–water partition coefficient (Wildman–Crippen LogP) is 5.51. The molecule has 0 aliphatic carbocycles. The number of alkyl halides is 6. The highest BCUT2D eigenvalue weighted by atomic mass is 19.4. The maximum absolute atomic E-state index is 15.0. The average molecular weight is 525 g/mol. The Hall–Kier alpha value is -3.90. The van der Waals surface area contributed by atoms with Crippen LogP contribution in [0.1, 0.15) is 36.2 Å². The minimum atomic E-state index is -4.93. The second kappa shape index (κ2) is 9.87. The number of ether oxygens (including phenoxy) is 1. The van der Waals surface area contributed by atoms with Crippen molar-refractivity contribution in [1.82, 2.24) is 20.6 Å². The standard InChI is InChI=1S/C24H21F6N5O2/c1-15-3-7-17(8-4-15)35-21(36)19(20-31-33-34-32-20)11-13-22(35,24(28,29)30)16-5-9-18(10-6-16)37-14-2-12-23(25,26)27/h3-11H,2,12-14H2,1H3,(H,31,32,33,34). The van der Waals surface area contributed by atoms with E-state index in [1.807, 2.05) is 0 Å². The number of nitrogens with zero attached hydrogens (tertiary/aromatic N) is 4. The van der Waals surface area contributed by atoms with Crippen LogP contribution in [0.2, 0.25) is 0 Å². The topological polar surface area (TPSA) is 84.0 Å². The fourth-order valence-corrected chi connectivity index (χ4v) is 4.17. The molecular formula is C24H21F6N5O2. The Balaban J connectivity index is 1.75. The first kappa shape index (κ1) is 26.2. The molecule has 0 saturated heterocycles. The Morgan fingerprint density at radius 2 is 1.70 bits per heavy atom. The van der Waals surface area contributed by atoms with Crippen LogP contribution in [0.25, 0.3) is 5.57 Å². The molecule has 0 radical (unpaired) electrons. The molecule has 3 aromatic rings. The van der Waals surface area contributed by atoms with Crippen molar-refractivity contribution in [2.75, 3.05) is 11.5 Å². The van der Waals surface area contributed by atoms with E-state index < -0.39 is 36.6 Å². The number of hydrogen-bond donors (Lipinski definition) is 1. The Morgan fingerprint density at radius 3 is 2.27 bits per heavy atom. The lowest BCUT2D eigenvalue weighted by Gasteiger charge is -2.47. The lowest BCUT2D eigenvalue weighted by atomic mass is 9.79. The normalized spacial score (nSPS) is 18.6. The van der Waals surface area contributed by atoms with E-state index in [4.69, 9.17) is 4.74 Å². The van der Waals surface area contributed by atoms with Gasteiger partial charge in [-0.2, -0.15) is 26.3 Å². The first-order chi connectivity index (χ1) is 17.4. The van der Waals surface area contributed by atoms with Crippen molar-refractivity contribution in [3.05, 3.63) is 71.6 Å². The molecule has 1 aliphatic rings. The number of nitrogens with one attached hydrogen (secondary N) is 1. The molecule has 1 aromatic heterocycles. The van der Waals surface area contributed by atoms with Crippen LogP contribution in [-0.2, 0) is 10.3 Å². The van der Waals surface area contributed by atoms with Gasteiger partial charge in [-0.3, -0.25) is 9.69 Å². The van der Waals surface area contributed by atoms with Crippen molar-refractivity contribution in [3.63, 3.8) is 0 Å². The molecule has 37 heavy (non-hydrogen) atoms. The molecule has 1 amide bonds. The Bertz CT molecular complexity index is 1250. The van der Waals surface area contributed by atoms with Gasteiger partial charge in [0.05, 0.1) is 12.2 Å². The van der Waals surface area contributed by atoms with Crippen molar-refractivity contribution in [1.29, 1.82) is 0 Å². The van der Waals surface area contributed by atoms with Gasteiger partial charge in [0.15, 0.2) is 11.4 Å². The number of carbonyl (C=O) groups excluding carboxylic acids is 1. The molecule has 1 N–H and O–H groups in total. The molecule has 4 rings (SSSR count). The summed E-state index contributed by atoms with van der Waals surface area (Å²) in [7, 11) is 0. The lowest BCUT2D eigenvalue weighted by molar-refractivity contribution is -0.192. The summed E-state index contributed by atoms with van der Waals surface area (Å²) < 4.78 is 87.2. The molecule has 13 heteroatoms. The van der Waals surface area contributed by atoms with Gasteiger partial charge in [-0.1, -0.05) is 35.9 Å². The quantitative estimate of drug-likeness (QED) is 0.325. The minimum Gasteiger partial charge on any atom is -0.494 e. The van der Waals surface area contributed by atoms with Gasteiger partial charge in [0.25, 0.3) is 5.91 Å². The van der Waals surface area contributed by atoms with Crippen LogP contribution in [0.5, 0.6) is 5.75 Å². The second-order valence-electron chi connectivity index (χ2n) is 8.50. The zero-order chi connectivity index (χ0) is 26.8. The number of amides is 1. The summed E-state index contributed by atoms with van der Waals surface area (Å²) in [4.78, 5) is 14.3. The molecule has 0 spiro atoms. The number of H-pyrrole nitrogens is 1. The van der Waals surface area contributed by atoms with E-state index >= 15 is 0 Å². The summed E-state index contributed by atoms with van der Waals surface area (Å²) in [5.41, 5.74) is -2.35. The monoisotopic (exact) mass is 525 g/mol. The molecule has 1 unspecified atom stereocenters. The van der Waals surface area contributed by atoms with Gasteiger partial charge in [-0.15, -0.1) is 5.10 Å². The molecule has 1 atom stereocenters. The van der Waals surface area contributed by atoms with Gasteiger partial charge in [0.1, 0.15) is 5.75 Å². The van der Waals surface area contributed by atoms with Crippen molar-refractivity contribution in [2.24, 2.45) is 0 Å². The van der Waals surface area contributed by atoms with Gasteiger partial charge in [-0.05, 0) is 53.6 Å². The van der Waals surface area contributed by atoms with Gasteiger partial charge in [0.2, 0.25) is 0 Å². The van der Waals surface area contributed by atoms with Crippen LogP contribution >= 0.6 is 0 Å². The molecule has 2 aromatic carbocycles. The van der Waals surface area contributed by atoms with Gasteiger partial charge < -0.3 is 4.74 Å². The third kappa shape index (κ3) is 5.30. The highest BCUT2D eigenvalue weighted by Gasteiger charge is 2.63. The largest absolute Gasteiger partial charge is 0.494 e. The van der Waals surface area contributed by atoms with E-state index in [1.54, 1.807) is 19.1 Å². The van der Waals surface area contributed by atoms with Crippen molar-refractivity contribution in [3.8, 4) is 5.75 Å². The van der Waals surface area contributed by atoms with Gasteiger partial charge >= 0.3 is 12.4 Å². The predicted molar refractivity (Wildman–Crippen MR) is 120 cm³/mol. The maximum atomic E-state index is 15.0. The number of tetrazole rings is 1. The molecule has 0 saturated carbocycles. The number of carbonyl (C=O) groups is 1. The molecule has 196 valence electrons. The van der Waals surface area contributed by atoms with E-state index in [9.17, 15) is 31.1 Å². The molecule has 0 bridgehead atoms. The van der Waals surface area contributed by atoms with E-state index in [-0.39, 0.29) is 41.4 Å². The summed E-state index contributed by atoms with van der Waals surface area (Å²) in [5, 5.41) is 12.9. The molecule has 7 nitrogen and oxygen atoms in total. The third-order valence-electron chi connectivity index (χ3n) is 5.98. The number of anilines is 1. The Labute approximate surface area is 207 Å². The highest BCUT2D eigenvalue weighted by Crippen LogP contribution is 2.52. The molecule has 1 aliphatic heterocycles. The number of aryl methyl sites for hydroxylation is 1. The van der Waals surface area contributed by atoms with Crippen LogP contribution in [0, 0.1) is 6.92 Å². The van der Waals surface area contributed by atoms with Gasteiger partial charge in [0, 0.05) is 18.5 Å². The fraction of sp³-hybridized carbons (Fsp3) is 0.333. The van der Waals surface area contributed by atoms with Crippen LogP contribution in [0.15, 0.2) is 54.6 Å². The molecular weight excluding hydrogens is 504 g/mol. The SMILES string of the molecule is Cc1ccc(N2C(=O)C(c3nnn[nH]3)=CCC2(c2ccc(OCCCC(F)(F)F)cc2)C(F)(F)F)cc1. The number of aromatic amines is 1. The number of benzene rings is 2. The fourth-order valence-electron chi connectivity index (χ4n) is 4.17. The third-order valence-corrected chi connectivity index (χ3v) is 5.98. The van der Waals surface area contributed by atoms with Crippen LogP contribution in [0.4, 0.5) is 32.0 Å². The first-order valence-electron chi connectivity index (χ1n) is 11.1. The Kier molecular flexibility index (Phi) is 6.98. The number of halogens is 6. The maximum Gasteiger partial charge on any atom is 0.416 e. The summed E-state index contributed by atoms with van der Waals surface area (Å²) in [6.07, 6.45) is -10.1. The number of aromatic nitrogens is 4. The minimum absolute atomic E-state index is 0.0125. The number of rotatable bonds is 7. The van der Waals surface area contributed by atoms with Crippen molar-refractivity contribution in [2.45, 2.75) is 44.1 Å². The van der Waals surface area contributed by atoms with Crippen LogP contribution in [-0.4, -0.2) is 45.5 Å². The Morgan fingerprint density at radius 1 is 1.03 bits per heavy atom. The van der Waals surface area contributed by atoms with Crippen LogP contribution < -0.4 is 9.64 Å². The summed E-state index contributed by atoms with van der Waals surface area (Å²) >= 11 is 0. The molecule has 0 fully saturated rings. The van der Waals surface area contributed by atoms with E-state index in [0.717, 1.165) is 23.8 Å². The summed E-state index contributed by atoms with van der Waals surface area (Å²) in [5.74, 6) is -0.921. The highest BCUT2D eigenvalue weighted by molar-refractivity contribution is 6.26. The first-order valence-corrected chi connectivity index (χ1v) is 11.1. The van der Waals surface area contributed by atoms with Gasteiger partial charge in [-0.25, -0.2) is 5.10 Å². The number of hydrogen-bond acceptors (Lipinski definition) is 5. The smallest absolute Gasteiger partial charge is 0.416 e. The lowest BCUT2D eigenvalue weighted by Crippen LogP contribution is -2.60. The second-order valence-corrected chi connectivity index (χ2v) is 8.50. The van der Waals surface area contributed by atoms with Crippen molar-refractivity contribution >= 4 is 17.2 Å². The van der Waals surface area contributed by atoms with E-state index in [2.05, 4.69) is 20.6 Å². The summed E-state index contributed by atoms with van der Waals surface area (Å²) in [6.45, 7) is 1.51. The zero-order valence-corrected chi connectivity index (χ0v) is 19.4. The van der Waals surface area contributed by atoms with Crippen LogP contribution in [0.3, 0.4) is 0 Å². The molecule has 2 heterocycles. The van der Waals surface area contributed by atoms with E-state index in [1.165, 1.54) is 24.3 Å². The summed E-state index contributed by atoms with van der Waals surface area (Å²) in [6, 6.07) is 10.8. The van der Waals surface area contributed by atoms with Crippen molar-refractivity contribution < 1.29 is 35.9 Å². The van der Waals surface area contributed by atoms with E-state index in [0.29, 0.717) is 4.90 Å². The zero-order valence-electron chi connectivity index (χ0n) is 19.4.